The van der Waals surface area contributed by atoms with E-state index < -0.39 is 22.7 Å². The number of rotatable bonds is 7. The second-order valence-electron chi connectivity index (χ2n) is 8.33. The van der Waals surface area contributed by atoms with Crippen LogP contribution in [0.1, 0.15) is 19.4 Å². The Kier molecular flexibility index (Phi) is 14.2. The van der Waals surface area contributed by atoms with E-state index in [9.17, 15) is 27.2 Å². The molecule has 0 bridgehead atoms. The molecule has 0 atom stereocenters. The predicted octanol–water partition coefficient (Wildman–Crippen LogP) is 9.50. The van der Waals surface area contributed by atoms with Crippen LogP contribution in [0.2, 0.25) is 0 Å². The zero-order valence-corrected chi connectivity index (χ0v) is 26.5. The molecule has 4 aromatic carbocycles. The maximum absolute atomic E-state index is 13.8. The van der Waals surface area contributed by atoms with Gasteiger partial charge in [0.2, 0.25) is 0 Å². The van der Waals surface area contributed by atoms with Gasteiger partial charge in [-0.1, -0.05) is 97.1 Å². The first-order valence-corrected chi connectivity index (χ1v) is 14.5. The molecule has 0 unspecified atom stereocenters. The van der Waals surface area contributed by atoms with Gasteiger partial charge < -0.3 is 9.47 Å². The zero-order valence-electron chi connectivity index (χ0n) is 22.7. The molecule has 4 nitrogen and oxygen atoms in total. The van der Waals surface area contributed by atoms with Crippen LogP contribution in [-0.2, 0) is 25.0 Å². The summed E-state index contributed by atoms with van der Waals surface area (Å²) < 4.78 is 60.7. The third kappa shape index (κ3) is 11.2. The van der Waals surface area contributed by atoms with Crippen molar-refractivity contribution < 1.29 is 36.6 Å². The van der Waals surface area contributed by atoms with Crippen LogP contribution in [0.4, 0.5) is 17.6 Å². The Morgan fingerprint density at radius 1 is 0.619 bits per heavy atom. The first kappa shape index (κ1) is 34.9. The summed E-state index contributed by atoms with van der Waals surface area (Å²) in [7, 11) is 0. The number of esters is 2. The number of carbonyl (C=O) groups excluding carboxylic acids is 2. The van der Waals surface area contributed by atoms with Gasteiger partial charge in [-0.15, -0.1) is 0 Å². The Morgan fingerprint density at radius 3 is 1.33 bits per heavy atom. The molecule has 0 radical (unpaired) electrons. The molecule has 4 rings (SSSR count). The predicted molar refractivity (Wildman–Crippen MR) is 168 cm³/mol. The van der Waals surface area contributed by atoms with Crippen LogP contribution in [0.25, 0.3) is 22.3 Å². The molecule has 0 spiro atoms. The van der Waals surface area contributed by atoms with Crippen LogP contribution in [0.15, 0.2) is 109 Å². The minimum atomic E-state index is -3.62. The van der Waals surface area contributed by atoms with Crippen LogP contribution in [0, 0.1) is 3.57 Å². The van der Waals surface area contributed by atoms with E-state index in [1.165, 1.54) is 40.7 Å². The molecule has 4 aromatic rings. The van der Waals surface area contributed by atoms with E-state index in [0.717, 1.165) is 11.1 Å². The van der Waals surface area contributed by atoms with Crippen molar-refractivity contribution in [3.63, 3.8) is 0 Å². The summed E-state index contributed by atoms with van der Waals surface area (Å²) in [5, 5.41) is 0. The van der Waals surface area contributed by atoms with Crippen LogP contribution in [0.5, 0.6) is 0 Å². The van der Waals surface area contributed by atoms with Gasteiger partial charge in [0.05, 0.1) is 13.2 Å². The quantitative estimate of drug-likeness (QED) is 0.0816. The summed E-state index contributed by atoms with van der Waals surface area (Å²) in [6, 6.07) is 34.0. The Bertz CT molecular complexity index is 1380. The number of ether oxygens (including phenoxy) is 2. The van der Waals surface area contributed by atoms with Crippen LogP contribution < -0.4 is 0 Å². The summed E-state index contributed by atoms with van der Waals surface area (Å²) >= 11 is 4.15. The van der Waals surface area contributed by atoms with Crippen molar-refractivity contribution in [2.75, 3.05) is 13.2 Å². The zero-order chi connectivity index (χ0) is 31.2. The van der Waals surface area contributed by atoms with Crippen LogP contribution in [0.3, 0.4) is 0 Å². The van der Waals surface area contributed by atoms with Gasteiger partial charge in [0.15, 0.2) is 0 Å². The van der Waals surface area contributed by atoms with Crippen molar-refractivity contribution in [1.29, 1.82) is 0 Å². The van der Waals surface area contributed by atoms with E-state index in [4.69, 9.17) is 0 Å². The number of benzene rings is 4. The maximum Gasteiger partial charge on any atom is 0.395 e. The minimum absolute atomic E-state index is 0.0416. The molecule has 0 amide bonds. The normalized spacial score (nSPS) is 10.8. The molecule has 0 aliphatic rings. The van der Waals surface area contributed by atoms with Gasteiger partial charge >= 0.3 is 22.7 Å². The van der Waals surface area contributed by atoms with Gasteiger partial charge in [0, 0.05) is 25.1 Å². The number of hydrogen-bond acceptors (Lipinski definition) is 4. The molecule has 0 heterocycles. The largest absolute Gasteiger partial charge is 0.461 e. The first-order chi connectivity index (χ1) is 19.9. The fourth-order valence-corrected chi connectivity index (χ4v) is 3.80. The Hall–Kier alpha value is -3.25. The number of halogens is 6. The van der Waals surface area contributed by atoms with Gasteiger partial charge in [-0.25, -0.2) is 9.59 Å². The van der Waals surface area contributed by atoms with E-state index >= 15 is 0 Å². The Labute approximate surface area is 264 Å². The van der Waals surface area contributed by atoms with Gasteiger partial charge in [-0.05, 0) is 70.8 Å². The lowest BCUT2D eigenvalue weighted by Gasteiger charge is -2.15. The van der Waals surface area contributed by atoms with Gasteiger partial charge in [0.25, 0.3) is 0 Å². The van der Waals surface area contributed by atoms with Crippen LogP contribution >= 0.6 is 38.5 Å². The van der Waals surface area contributed by atoms with E-state index in [0.29, 0.717) is 0 Å². The topological polar surface area (TPSA) is 52.6 Å². The SMILES string of the molecule is CCOC(=O)C(F)(F)Br.CCOC(=O)C(F)(F)c1ccc(-c2ccccc2)cc1.Ic1ccc(-c2ccccc2)cc1. The molecule has 222 valence electrons. The molecular formula is C32H28BrF4IO4. The van der Waals surface area contributed by atoms with Gasteiger partial charge in [-0.3, -0.25) is 0 Å². The molecule has 0 fully saturated rings. The monoisotopic (exact) mass is 758 g/mol. The van der Waals surface area contributed by atoms with Crippen molar-refractivity contribution in [2.45, 2.75) is 24.6 Å². The second kappa shape index (κ2) is 17.0. The van der Waals surface area contributed by atoms with Crippen molar-refractivity contribution in [3.8, 4) is 22.3 Å². The van der Waals surface area contributed by atoms with Gasteiger partial charge in [0.1, 0.15) is 0 Å². The molecule has 0 aromatic heterocycles. The maximum atomic E-state index is 13.8. The van der Waals surface area contributed by atoms with E-state index in [-0.39, 0.29) is 18.8 Å². The number of alkyl halides is 5. The molecule has 0 saturated carbocycles. The fourth-order valence-electron chi connectivity index (χ4n) is 3.33. The van der Waals surface area contributed by atoms with E-state index in [1.54, 1.807) is 12.1 Å². The summed E-state index contributed by atoms with van der Waals surface area (Å²) in [5.41, 5.74) is 3.93. The average Bonchev–Trinajstić information content (AvgIpc) is 2.99. The van der Waals surface area contributed by atoms with E-state index in [2.05, 4.69) is 80.6 Å². The molecule has 42 heavy (non-hydrogen) atoms. The lowest BCUT2D eigenvalue weighted by Crippen LogP contribution is -2.28. The highest BCUT2D eigenvalue weighted by Crippen LogP contribution is 2.31. The van der Waals surface area contributed by atoms with Gasteiger partial charge in [-0.2, -0.15) is 17.6 Å². The Morgan fingerprint density at radius 2 is 0.976 bits per heavy atom. The third-order valence-corrected chi connectivity index (χ3v) is 6.39. The van der Waals surface area contributed by atoms with Crippen molar-refractivity contribution in [2.24, 2.45) is 0 Å². The summed E-state index contributed by atoms with van der Waals surface area (Å²) in [4.78, 5) is 17.8. The summed E-state index contributed by atoms with van der Waals surface area (Å²) in [6.07, 6.45) is 0. The molecule has 0 N–H and O–H groups in total. The standard InChI is InChI=1S/C16H14F2O2.C12H9I.C4H5BrF2O2/c1-2-20-15(19)16(17,18)14-10-8-13(9-11-14)12-6-4-3-5-7-12;13-12-8-6-11(7-9-12)10-4-2-1-3-5-10;1-2-9-3(8)4(5,6)7/h3-11H,2H2,1H3;1-9H;2H2,1H3. The molecular weight excluding hydrogens is 731 g/mol. The molecule has 10 heteroatoms. The van der Waals surface area contributed by atoms with Crippen molar-refractivity contribution in [3.05, 3.63) is 118 Å². The summed E-state index contributed by atoms with van der Waals surface area (Å²) in [5.74, 6) is -6.69. The third-order valence-electron chi connectivity index (χ3n) is 5.34. The molecule has 0 saturated heterocycles. The van der Waals surface area contributed by atoms with Crippen molar-refractivity contribution in [1.82, 2.24) is 0 Å². The molecule has 0 aliphatic heterocycles. The number of carbonyl (C=O) groups is 2. The number of hydrogen-bond donors (Lipinski definition) is 0. The highest BCUT2D eigenvalue weighted by atomic mass is 127. The minimum Gasteiger partial charge on any atom is -0.461 e. The lowest BCUT2D eigenvalue weighted by atomic mass is 10.0. The highest BCUT2D eigenvalue weighted by molar-refractivity contribution is 14.1. The summed E-state index contributed by atoms with van der Waals surface area (Å²) in [6.45, 7) is 2.83. The first-order valence-electron chi connectivity index (χ1n) is 12.7. The second-order valence-corrected chi connectivity index (χ2v) is 10.6. The lowest BCUT2D eigenvalue weighted by molar-refractivity contribution is -0.173. The van der Waals surface area contributed by atoms with Crippen molar-refractivity contribution >= 4 is 50.5 Å². The van der Waals surface area contributed by atoms with E-state index in [1.807, 2.05) is 52.3 Å². The van der Waals surface area contributed by atoms with Crippen LogP contribution in [-0.4, -0.2) is 30.0 Å². The smallest absolute Gasteiger partial charge is 0.395 e. The molecule has 0 aliphatic carbocycles. The average molecular weight is 759 g/mol. The Balaban J connectivity index is 0.000000241. The highest BCUT2D eigenvalue weighted by Gasteiger charge is 2.42. The fraction of sp³-hybridized carbons (Fsp3) is 0.188.